The molecule has 8 heteroatoms. The highest BCUT2D eigenvalue weighted by Gasteiger charge is 2.27. The van der Waals surface area contributed by atoms with Crippen molar-refractivity contribution in [1.82, 2.24) is 14.5 Å². The molecule has 1 atom stereocenters. The largest absolute Gasteiger partial charge is 0.383 e. The molecule has 184 valence electrons. The second-order valence-electron chi connectivity index (χ2n) is 9.71. The average Bonchev–Trinajstić information content (AvgIpc) is 2.69. The van der Waals surface area contributed by atoms with Gasteiger partial charge < -0.3 is 10.6 Å². The zero-order valence-corrected chi connectivity index (χ0v) is 21.2. The maximum atomic E-state index is 13.5. The van der Waals surface area contributed by atoms with Crippen LogP contribution in [0.15, 0.2) is 9.59 Å². The maximum Gasteiger partial charge on any atom is 0.330 e. The lowest BCUT2D eigenvalue weighted by atomic mass is 10.1. The highest BCUT2D eigenvalue weighted by molar-refractivity contribution is 5.96. The van der Waals surface area contributed by atoms with E-state index < -0.39 is 11.2 Å². The SMILES string of the molecule is CCCCCN(CC(=O)N(CC(C)C)c1c(N)n(CC(C)C)c(=O)[nH]c1=O)C(C)CCC. The Labute approximate surface area is 193 Å². The second kappa shape index (κ2) is 13.5. The van der Waals surface area contributed by atoms with Crippen molar-refractivity contribution in [3.05, 3.63) is 20.8 Å². The lowest BCUT2D eigenvalue weighted by Crippen LogP contribution is -2.48. The van der Waals surface area contributed by atoms with Gasteiger partial charge in [-0.25, -0.2) is 4.79 Å². The number of amides is 1. The minimum absolute atomic E-state index is 0.0561. The van der Waals surface area contributed by atoms with Gasteiger partial charge in [0.2, 0.25) is 5.91 Å². The summed E-state index contributed by atoms with van der Waals surface area (Å²) in [6.45, 7) is 16.2. The van der Waals surface area contributed by atoms with E-state index in [1.54, 1.807) is 0 Å². The fraction of sp³-hybridized carbons (Fsp3) is 0.792. The molecule has 8 nitrogen and oxygen atoms in total. The molecule has 1 aromatic rings. The smallest absolute Gasteiger partial charge is 0.330 e. The molecule has 1 aromatic heterocycles. The van der Waals surface area contributed by atoms with Gasteiger partial charge in [0.1, 0.15) is 5.82 Å². The molecule has 0 aliphatic heterocycles. The maximum absolute atomic E-state index is 13.5. The van der Waals surface area contributed by atoms with Crippen molar-refractivity contribution >= 4 is 17.4 Å². The first kappa shape index (κ1) is 27.9. The van der Waals surface area contributed by atoms with E-state index in [-0.39, 0.29) is 41.8 Å². The minimum atomic E-state index is -0.611. The highest BCUT2D eigenvalue weighted by atomic mass is 16.2. The van der Waals surface area contributed by atoms with Gasteiger partial charge in [0.05, 0.1) is 6.54 Å². The van der Waals surface area contributed by atoms with Crippen LogP contribution < -0.4 is 21.9 Å². The fourth-order valence-corrected chi connectivity index (χ4v) is 3.95. The number of aromatic amines is 1. The number of carbonyl (C=O) groups excluding carboxylic acids is 1. The molecular formula is C24H45N5O3. The number of nitrogens with two attached hydrogens (primary N) is 1. The normalized spacial score (nSPS) is 12.7. The molecule has 0 aliphatic rings. The molecule has 0 saturated heterocycles. The number of nitrogens with one attached hydrogen (secondary N) is 1. The second-order valence-corrected chi connectivity index (χ2v) is 9.71. The van der Waals surface area contributed by atoms with E-state index in [2.05, 4.69) is 30.7 Å². The Morgan fingerprint density at radius 2 is 1.69 bits per heavy atom. The molecule has 0 bridgehead atoms. The number of aromatic nitrogens is 2. The summed E-state index contributed by atoms with van der Waals surface area (Å²) in [7, 11) is 0. The fourth-order valence-electron chi connectivity index (χ4n) is 3.95. The predicted octanol–water partition coefficient (Wildman–Crippen LogP) is 3.44. The van der Waals surface area contributed by atoms with Gasteiger partial charge in [-0.2, -0.15) is 0 Å². The summed E-state index contributed by atoms with van der Waals surface area (Å²) in [6.07, 6.45) is 5.32. The van der Waals surface area contributed by atoms with Crippen molar-refractivity contribution in [3.8, 4) is 0 Å². The van der Waals surface area contributed by atoms with E-state index >= 15 is 0 Å². The van der Waals surface area contributed by atoms with Crippen molar-refractivity contribution < 1.29 is 4.79 Å². The molecule has 1 heterocycles. The van der Waals surface area contributed by atoms with E-state index in [0.29, 0.717) is 13.1 Å². The van der Waals surface area contributed by atoms with Crippen LogP contribution in [-0.2, 0) is 11.3 Å². The first-order chi connectivity index (χ1) is 15.0. The Balaban J connectivity index is 3.36. The number of nitrogen functional groups attached to an aromatic ring is 1. The number of unbranched alkanes of at least 4 members (excludes halogenated alkanes) is 2. The summed E-state index contributed by atoms with van der Waals surface area (Å²) in [5, 5.41) is 0. The summed E-state index contributed by atoms with van der Waals surface area (Å²) >= 11 is 0. The van der Waals surface area contributed by atoms with Gasteiger partial charge in [-0.1, -0.05) is 60.8 Å². The number of carbonyl (C=O) groups is 1. The Morgan fingerprint density at radius 3 is 2.22 bits per heavy atom. The van der Waals surface area contributed by atoms with Crippen molar-refractivity contribution in [2.75, 3.05) is 30.3 Å². The van der Waals surface area contributed by atoms with Crippen LogP contribution >= 0.6 is 0 Å². The van der Waals surface area contributed by atoms with Gasteiger partial charge in [-0.15, -0.1) is 0 Å². The Morgan fingerprint density at radius 1 is 1.03 bits per heavy atom. The summed E-state index contributed by atoms with van der Waals surface area (Å²) in [4.78, 5) is 44.8. The van der Waals surface area contributed by atoms with Crippen LogP contribution in [0.5, 0.6) is 0 Å². The number of rotatable bonds is 14. The number of H-pyrrole nitrogens is 1. The quantitative estimate of drug-likeness (QED) is 0.422. The molecule has 0 aliphatic carbocycles. The Kier molecular flexibility index (Phi) is 11.8. The lowest BCUT2D eigenvalue weighted by molar-refractivity contribution is -0.120. The monoisotopic (exact) mass is 451 g/mol. The summed E-state index contributed by atoms with van der Waals surface area (Å²) in [5.41, 5.74) is 5.25. The van der Waals surface area contributed by atoms with Crippen molar-refractivity contribution in [1.29, 1.82) is 0 Å². The third-order valence-electron chi connectivity index (χ3n) is 5.60. The number of hydrogen-bond donors (Lipinski definition) is 2. The summed E-state index contributed by atoms with van der Waals surface area (Å²) in [6, 6.07) is 0.271. The number of nitrogens with zero attached hydrogens (tertiary/aromatic N) is 3. The molecule has 32 heavy (non-hydrogen) atoms. The average molecular weight is 452 g/mol. The van der Waals surface area contributed by atoms with Gasteiger partial charge in [0, 0.05) is 19.1 Å². The van der Waals surface area contributed by atoms with Crippen LogP contribution in [0.2, 0.25) is 0 Å². The van der Waals surface area contributed by atoms with Crippen molar-refractivity contribution in [2.24, 2.45) is 11.8 Å². The molecule has 3 N–H and O–H groups in total. The topological polar surface area (TPSA) is 104 Å². The number of anilines is 2. The number of hydrogen-bond acceptors (Lipinski definition) is 5. The van der Waals surface area contributed by atoms with E-state index in [9.17, 15) is 14.4 Å². The van der Waals surface area contributed by atoms with E-state index in [4.69, 9.17) is 5.73 Å². The standard InChI is InChI=1S/C24H45N5O3/c1-8-10-11-13-27(19(7)12-9-2)16-20(30)28(14-17(3)4)21-22(25)29(15-18(5)6)24(32)26-23(21)31/h17-19H,8-16,25H2,1-7H3,(H,26,31,32). The van der Waals surface area contributed by atoms with Gasteiger partial charge in [-0.05, 0) is 38.1 Å². The predicted molar refractivity (Wildman–Crippen MR) is 133 cm³/mol. The molecule has 1 amide bonds. The molecule has 0 spiro atoms. The highest BCUT2D eigenvalue weighted by Crippen LogP contribution is 2.20. The molecule has 1 unspecified atom stereocenters. The van der Waals surface area contributed by atoms with Crippen LogP contribution in [0.4, 0.5) is 11.5 Å². The summed E-state index contributed by atoms with van der Waals surface area (Å²) < 4.78 is 1.36. The summed E-state index contributed by atoms with van der Waals surface area (Å²) in [5.74, 6) is 0.183. The van der Waals surface area contributed by atoms with Gasteiger partial charge in [-0.3, -0.25) is 24.0 Å². The van der Waals surface area contributed by atoms with Crippen LogP contribution in [0.1, 0.15) is 80.6 Å². The lowest BCUT2D eigenvalue weighted by Gasteiger charge is -2.32. The first-order valence-electron chi connectivity index (χ1n) is 12.2. The van der Waals surface area contributed by atoms with Crippen LogP contribution in [0.25, 0.3) is 0 Å². The molecule has 0 fully saturated rings. The minimum Gasteiger partial charge on any atom is -0.383 e. The van der Waals surface area contributed by atoms with E-state index in [1.165, 1.54) is 9.47 Å². The van der Waals surface area contributed by atoms with Gasteiger partial charge >= 0.3 is 5.69 Å². The Bertz CT molecular complexity index is 828. The third kappa shape index (κ3) is 8.11. The molecule has 0 saturated carbocycles. The molecule has 1 rings (SSSR count). The van der Waals surface area contributed by atoms with Gasteiger partial charge in [0.15, 0.2) is 5.69 Å². The first-order valence-corrected chi connectivity index (χ1v) is 12.2. The van der Waals surface area contributed by atoms with Crippen LogP contribution in [0.3, 0.4) is 0 Å². The van der Waals surface area contributed by atoms with Crippen molar-refractivity contribution in [2.45, 2.75) is 93.2 Å². The third-order valence-corrected chi connectivity index (χ3v) is 5.60. The van der Waals surface area contributed by atoms with Crippen LogP contribution in [-0.4, -0.2) is 46.0 Å². The molecule has 0 aromatic carbocycles. The van der Waals surface area contributed by atoms with E-state index in [1.807, 2.05) is 27.7 Å². The van der Waals surface area contributed by atoms with Gasteiger partial charge in [0.25, 0.3) is 5.56 Å². The molecule has 0 radical (unpaired) electrons. The molecular weight excluding hydrogens is 406 g/mol. The Hall–Kier alpha value is -2.09. The van der Waals surface area contributed by atoms with Crippen molar-refractivity contribution in [3.63, 3.8) is 0 Å². The zero-order chi connectivity index (χ0) is 24.4. The zero-order valence-electron chi connectivity index (χ0n) is 21.2. The van der Waals surface area contributed by atoms with E-state index in [0.717, 1.165) is 38.6 Å². The van der Waals surface area contributed by atoms with Crippen LogP contribution in [0, 0.1) is 11.8 Å².